The normalized spacial score (nSPS) is 9.00. The lowest BCUT2D eigenvalue weighted by Gasteiger charge is -2.03. The van der Waals surface area contributed by atoms with Crippen LogP contribution in [0.15, 0.2) is 23.3 Å². The average Bonchev–Trinajstić information content (AvgIpc) is 2.20. The van der Waals surface area contributed by atoms with E-state index in [1.807, 2.05) is 0 Å². The van der Waals surface area contributed by atoms with Gasteiger partial charge in [-0.3, -0.25) is 0 Å². The summed E-state index contributed by atoms with van der Waals surface area (Å²) < 4.78 is 4.58. The number of benzene rings is 1. The Morgan fingerprint density at radius 1 is 1.57 bits per heavy atom. The zero-order valence-corrected chi connectivity index (χ0v) is 7.89. The highest BCUT2D eigenvalue weighted by Crippen LogP contribution is 2.18. The smallest absolute Gasteiger partial charge is 0.338 e. The van der Waals surface area contributed by atoms with Gasteiger partial charge in [-0.25, -0.2) is 4.79 Å². The van der Waals surface area contributed by atoms with E-state index >= 15 is 0 Å². The van der Waals surface area contributed by atoms with E-state index in [1.165, 1.54) is 13.2 Å². The van der Waals surface area contributed by atoms with Gasteiger partial charge in [0.25, 0.3) is 0 Å². The maximum atomic E-state index is 11.2. The molecule has 0 aliphatic heterocycles. The van der Waals surface area contributed by atoms with Crippen molar-refractivity contribution in [2.24, 2.45) is 5.11 Å². The first-order valence-corrected chi connectivity index (χ1v) is 3.93. The predicted octanol–water partition coefficient (Wildman–Crippen LogP) is 2.72. The highest BCUT2D eigenvalue weighted by atomic mass is 16.5. The van der Waals surface area contributed by atoms with E-state index in [0.717, 1.165) is 5.56 Å². The van der Waals surface area contributed by atoms with Gasteiger partial charge in [0.2, 0.25) is 0 Å². The van der Waals surface area contributed by atoms with Gasteiger partial charge >= 0.3 is 5.97 Å². The molecule has 5 heteroatoms. The second kappa shape index (κ2) is 4.30. The minimum absolute atomic E-state index is 0.401. The SMILES string of the molecule is COC(=O)c1cc(N=[N+]=[N-])ccc1C. The highest BCUT2D eigenvalue weighted by molar-refractivity contribution is 5.91. The Labute approximate surface area is 80.9 Å². The molecule has 0 amide bonds. The molecule has 0 bridgehead atoms. The molecule has 0 N–H and O–H groups in total. The minimum atomic E-state index is -0.433. The van der Waals surface area contributed by atoms with Crippen LogP contribution in [0.5, 0.6) is 0 Å². The third-order valence-corrected chi connectivity index (χ3v) is 1.79. The maximum absolute atomic E-state index is 11.2. The van der Waals surface area contributed by atoms with Crippen LogP contribution in [0.25, 0.3) is 10.4 Å². The molecule has 0 atom stereocenters. The maximum Gasteiger partial charge on any atom is 0.338 e. The highest BCUT2D eigenvalue weighted by Gasteiger charge is 2.08. The van der Waals surface area contributed by atoms with Crippen LogP contribution in [0, 0.1) is 6.92 Å². The topological polar surface area (TPSA) is 75.1 Å². The molecule has 0 aliphatic carbocycles. The van der Waals surface area contributed by atoms with E-state index in [0.29, 0.717) is 11.3 Å². The van der Waals surface area contributed by atoms with Gasteiger partial charge in [-0.05, 0) is 24.1 Å². The van der Waals surface area contributed by atoms with Gasteiger partial charge in [-0.2, -0.15) is 0 Å². The largest absolute Gasteiger partial charge is 0.465 e. The third-order valence-electron chi connectivity index (χ3n) is 1.79. The first-order chi connectivity index (χ1) is 6.69. The Hall–Kier alpha value is -2.00. The van der Waals surface area contributed by atoms with Crippen molar-refractivity contribution in [1.82, 2.24) is 0 Å². The molecule has 72 valence electrons. The fourth-order valence-corrected chi connectivity index (χ4v) is 1.05. The van der Waals surface area contributed by atoms with Crippen molar-refractivity contribution in [3.8, 4) is 0 Å². The summed E-state index contributed by atoms with van der Waals surface area (Å²) in [6.07, 6.45) is 0. The number of carbonyl (C=O) groups is 1. The van der Waals surface area contributed by atoms with Crippen LogP contribution in [-0.4, -0.2) is 13.1 Å². The van der Waals surface area contributed by atoms with Crippen LogP contribution in [0.2, 0.25) is 0 Å². The molecule has 0 fully saturated rings. The predicted molar refractivity (Wildman–Crippen MR) is 51.3 cm³/mol. The monoisotopic (exact) mass is 191 g/mol. The van der Waals surface area contributed by atoms with Crippen LogP contribution < -0.4 is 0 Å². The molecule has 0 radical (unpaired) electrons. The summed E-state index contributed by atoms with van der Waals surface area (Å²) in [5, 5.41) is 3.40. The number of carbonyl (C=O) groups excluding carboxylic acids is 1. The van der Waals surface area contributed by atoms with Crippen molar-refractivity contribution in [1.29, 1.82) is 0 Å². The molecule has 0 saturated heterocycles. The fraction of sp³-hybridized carbons (Fsp3) is 0.222. The number of aryl methyl sites for hydroxylation is 1. The number of esters is 1. The zero-order chi connectivity index (χ0) is 10.6. The van der Waals surface area contributed by atoms with Crippen molar-refractivity contribution in [2.75, 3.05) is 7.11 Å². The molecule has 0 heterocycles. The van der Waals surface area contributed by atoms with Crippen molar-refractivity contribution >= 4 is 11.7 Å². The van der Waals surface area contributed by atoms with Gasteiger partial charge in [0, 0.05) is 10.6 Å². The molecular weight excluding hydrogens is 182 g/mol. The number of hydrogen-bond donors (Lipinski definition) is 0. The van der Waals surface area contributed by atoms with Crippen LogP contribution >= 0.6 is 0 Å². The second-order valence-corrected chi connectivity index (χ2v) is 2.68. The molecule has 0 saturated carbocycles. The van der Waals surface area contributed by atoms with Gasteiger partial charge in [0.05, 0.1) is 12.7 Å². The molecule has 1 aromatic carbocycles. The first-order valence-electron chi connectivity index (χ1n) is 3.93. The van der Waals surface area contributed by atoms with Gasteiger partial charge in [0.15, 0.2) is 0 Å². The Bertz CT molecular complexity index is 409. The van der Waals surface area contributed by atoms with Crippen molar-refractivity contribution < 1.29 is 9.53 Å². The molecule has 5 nitrogen and oxygen atoms in total. The number of nitrogens with zero attached hydrogens (tertiary/aromatic N) is 3. The van der Waals surface area contributed by atoms with E-state index in [4.69, 9.17) is 5.53 Å². The zero-order valence-electron chi connectivity index (χ0n) is 7.89. The summed E-state index contributed by atoms with van der Waals surface area (Å²) in [5.41, 5.74) is 9.82. The van der Waals surface area contributed by atoms with Crippen molar-refractivity contribution in [3.63, 3.8) is 0 Å². The molecule has 0 aliphatic rings. The second-order valence-electron chi connectivity index (χ2n) is 2.68. The molecule has 0 spiro atoms. The van der Waals surface area contributed by atoms with E-state index in [1.54, 1.807) is 19.1 Å². The lowest BCUT2D eigenvalue weighted by atomic mass is 10.1. The molecular formula is C9H9N3O2. The number of azide groups is 1. The number of ether oxygens (including phenoxy) is 1. The number of hydrogen-bond acceptors (Lipinski definition) is 3. The Morgan fingerprint density at radius 3 is 2.86 bits per heavy atom. The Balaban J connectivity index is 3.20. The van der Waals surface area contributed by atoms with E-state index in [9.17, 15) is 4.79 Å². The van der Waals surface area contributed by atoms with E-state index in [-0.39, 0.29) is 0 Å². The van der Waals surface area contributed by atoms with E-state index in [2.05, 4.69) is 14.8 Å². The number of rotatable bonds is 2. The summed E-state index contributed by atoms with van der Waals surface area (Å²) in [5.74, 6) is -0.433. The van der Waals surface area contributed by atoms with Gasteiger partial charge in [-0.15, -0.1) is 0 Å². The number of methoxy groups -OCH3 is 1. The fourth-order valence-electron chi connectivity index (χ4n) is 1.05. The van der Waals surface area contributed by atoms with Gasteiger partial charge < -0.3 is 4.74 Å². The standard InChI is InChI=1S/C9H9N3O2/c1-6-3-4-7(11-12-10)5-8(6)9(13)14-2/h3-5H,1-2H3. The molecule has 0 aromatic heterocycles. The summed E-state index contributed by atoms with van der Waals surface area (Å²) in [4.78, 5) is 13.9. The lowest BCUT2D eigenvalue weighted by molar-refractivity contribution is 0.0600. The Morgan fingerprint density at radius 2 is 2.29 bits per heavy atom. The van der Waals surface area contributed by atoms with Crippen molar-refractivity contribution in [3.05, 3.63) is 39.8 Å². The summed E-state index contributed by atoms with van der Waals surface area (Å²) in [6.45, 7) is 1.78. The quantitative estimate of drug-likeness (QED) is 0.312. The van der Waals surface area contributed by atoms with Crippen LogP contribution in [0.4, 0.5) is 5.69 Å². The summed E-state index contributed by atoms with van der Waals surface area (Å²) >= 11 is 0. The van der Waals surface area contributed by atoms with Crippen molar-refractivity contribution in [2.45, 2.75) is 6.92 Å². The van der Waals surface area contributed by atoms with Gasteiger partial charge in [-0.1, -0.05) is 17.2 Å². The average molecular weight is 191 g/mol. The summed E-state index contributed by atoms with van der Waals surface area (Å²) in [6, 6.07) is 4.85. The lowest BCUT2D eigenvalue weighted by Crippen LogP contribution is -2.03. The summed E-state index contributed by atoms with van der Waals surface area (Å²) in [7, 11) is 1.31. The molecule has 1 aromatic rings. The van der Waals surface area contributed by atoms with Crippen LogP contribution in [-0.2, 0) is 4.74 Å². The molecule has 0 unspecified atom stereocenters. The van der Waals surface area contributed by atoms with Crippen LogP contribution in [0.3, 0.4) is 0 Å². The Kier molecular flexibility index (Phi) is 3.09. The minimum Gasteiger partial charge on any atom is -0.465 e. The van der Waals surface area contributed by atoms with E-state index < -0.39 is 5.97 Å². The molecule has 1 rings (SSSR count). The first kappa shape index (κ1) is 10.1. The van der Waals surface area contributed by atoms with Crippen LogP contribution in [0.1, 0.15) is 15.9 Å². The van der Waals surface area contributed by atoms with Gasteiger partial charge in [0.1, 0.15) is 0 Å². The molecule has 14 heavy (non-hydrogen) atoms. The third kappa shape index (κ3) is 2.02.